The average Bonchev–Trinajstić information content (AvgIpc) is 3.37. The maximum Gasteiger partial charge on any atom is 0.255 e. The molecule has 1 saturated heterocycles. The Kier molecular flexibility index (Phi) is 4.98. The van der Waals surface area contributed by atoms with Crippen LogP contribution in [-0.2, 0) is 4.74 Å². The van der Waals surface area contributed by atoms with E-state index in [1.54, 1.807) is 23.0 Å². The Bertz CT molecular complexity index is 916. The molecule has 1 aliphatic heterocycles. The Morgan fingerprint density at radius 2 is 1.96 bits per heavy atom. The van der Waals surface area contributed by atoms with Gasteiger partial charge in [-0.3, -0.25) is 4.79 Å². The lowest BCUT2D eigenvalue weighted by Crippen LogP contribution is -2.31. The Morgan fingerprint density at radius 1 is 1.19 bits per heavy atom. The van der Waals surface area contributed by atoms with E-state index in [-0.39, 0.29) is 17.8 Å². The third-order valence-electron chi connectivity index (χ3n) is 4.65. The van der Waals surface area contributed by atoms with Gasteiger partial charge in [-0.2, -0.15) is 5.10 Å². The number of hydrogen-bond acceptors (Lipinski definition) is 3. The van der Waals surface area contributed by atoms with E-state index in [1.165, 1.54) is 12.1 Å². The molecule has 2 heterocycles. The zero-order chi connectivity index (χ0) is 18.6. The molecule has 0 bridgehead atoms. The summed E-state index contributed by atoms with van der Waals surface area (Å²) in [7, 11) is 0. The van der Waals surface area contributed by atoms with Gasteiger partial charge in [0.1, 0.15) is 5.82 Å². The summed E-state index contributed by atoms with van der Waals surface area (Å²) in [5.41, 5.74) is 2.70. The fourth-order valence-electron chi connectivity index (χ4n) is 3.27. The standard InChI is InChI=1S/C21H20FN3O2/c22-16-8-10-17(11-9-16)25-20(15-5-2-1-3-6-15)19(14-24-25)21(26)23-13-18-7-4-12-27-18/h1-3,5-6,8-11,14,18H,4,7,12-13H2,(H,23,26). The lowest BCUT2D eigenvalue weighted by atomic mass is 10.1. The molecule has 1 fully saturated rings. The quantitative estimate of drug-likeness (QED) is 0.752. The third-order valence-corrected chi connectivity index (χ3v) is 4.65. The van der Waals surface area contributed by atoms with Gasteiger partial charge in [0.05, 0.1) is 29.2 Å². The van der Waals surface area contributed by atoms with E-state index in [1.807, 2.05) is 30.3 Å². The van der Waals surface area contributed by atoms with Crippen LogP contribution >= 0.6 is 0 Å². The summed E-state index contributed by atoms with van der Waals surface area (Å²) in [6.45, 7) is 1.23. The molecular formula is C21H20FN3O2. The smallest absolute Gasteiger partial charge is 0.255 e. The van der Waals surface area contributed by atoms with Crippen LogP contribution in [0.1, 0.15) is 23.2 Å². The number of ether oxygens (including phenoxy) is 1. The Morgan fingerprint density at radius 3 is 2.67 bits per heavy atom. The van der Waals surface area contributed by atoms with E-state index in [4.69, 9.17) is 4.74 Å². The molecule has 1 unspecified atom stereocenters. The van der Waals surface area contributed by atoms with Crippen molar-refractivity contribution in [1.82, 2.24) is 15.1 Å². The summed E-state index contributed by atoms with van der Waals surface area (Å²) in [6.07, 6.45) is 3.61. The van der Waals surface area contributed by atoms with Crippen molar-refractivity contribution in [3.05, 3.63) is 72.2 Å². The molecular weight excluding hydrogens is 345 g/mol. The maximum atomic E-state index is 13.3. The van der Waals surface area contributed by atoms with Gasteiger partial charge in [0.2, 0.25) is 0 Å². The second-order valence-corrected chi connectivity index (χ2v) is 6.51. The Balaban J connectivity index is 1.68. The number of hydrogen-bond donors (Lipinski definition) is 1. The van der Waals surface area contributed by atoms with Gasteiger partial charge < -0.3 is 10.1 Å². The molecule has 0 saturated carbocycles. The highest BCUT2D eigenvalue weighted by Gasteiger charge is 2.22. The molecule has 1 aromatic heterocycles. The van der Waals surface area contributed by atoms with Crippen LogP contribution in [0.25, 0.3) is 16.9 Å². The largest absolute Gasteiger partial charge is 0.376 e. The fraction of sp³-hybridized carbons (Fsp3) is 0.238. The SMILES string of the molecule is O=C(NCC1CCCO1)c1cnn(-c2ccc(F)cc2)c1-c1ccccc1. The minimum Gasteiger partial charge on any atom is -0.376 e. The molecule has 6 heteroatoms. The van der Waals surface area contributed by atoms with E-state index in [0.29, 0.717) is 23.5 Å². The predicted octanol–water partition coefficient (Wildman–Crippen LogP) is 3.59. The lowest BCUT2D eigenvalue weighted by Gasteiger charge is -2.12. The van der Waals surface area contributed by atoms with E-state index in [9.17, 15) is 9.18 Å². The zero-order valence-corrected chi connectivity index (χ0v) is 14.8. The van der Waals surface area contributed by atoms with Gasteiger partial charge in [-0.05, 0) is 37.1 Å². The molecule has 27 heavy (non-hydrogen) atoms. The van der Waals surface area contributed by atoms with Crippen LogP contribution in [0, 0.1) is 5.82 Å². The van der Waals surface area contributed by atoms with E-state index < -0.39 is 0 Å². The number of nitrogens with zero attached hydrogens (tertiary/aromatic N) is 2. The van der Waals surface area contributed by atoms with Gasteiger partial charge in [-0.15, -0.1) is 0 Å². The minimum absolute atomic E-state index is 0.0706. The van der Waals surface area contributed by atoms with Gasteiger partial charge >= 0.3 is 0 Å². The van der Waals surface area contributed by atoms with Crippen LogP contribution < -0.4 is 5.32 Å². The second-order valence-electron chi connectivity index (χ2n) is 6.51. The summed E-state index contributed by atoms with van der Waals surface area (Å²) < 4.78 is 20.5. The highest BCUT2D eigenvalue weighted by molar-refractivity contribution is 6.00. The highest BCUT2D eigenvalue weighted by atomic mass is 19.1. The minimum atomic E-state index is -0.318. The molecule has 3 aromatic rings. The summed E-state index contributed by atoms with van der Waals surface area (Å²) in [6, 6.07) is 15.6. The van der Waals surface area contributed by atoms with E-state index in [0.717, 1.165) is 25.0 Å². The van der Waals surface area contributed by atoms with Crippen molar-refractivity contribution in [3.8, 4) is 16.9 Å². The topological polar surface area (TPSA) is 56.1 Å². The third kappa shape index (κ3) is 3.75. The molecule has 5 nitrogen and oxygen atoms in total. The summed E-state index contributed by atoms with van der Waals surface area (Å²) in [5, 5.41) is 7.34. The van der Waals surface area contributed by atoms with Crippen LogP contribution in [0.15, 0.2) is 60.8 Å². The average molecular weight is 365 g/mol. The molecule has 1 aliphatic rings. The normalized spacial score (nSPS) is 16.4. The Hall–Kier alpha value is -2.99. The number of halogens is 1. The van der Waals surface area contributed by atoms with Crippen molar-refractivity contribution in [2.24, 2.45) is 0 Å². The molecule has 0 spiro atoms. The number of carbonyl (C=O) groups is 1. The number of amides is 1. The van der Waals surface area contributed by atoms with Crippen molar-refractivity contribution >= 4 is 5.91 Å². The monoisotopic (exact) mass is 365 g/mol. The Labute approximate surface area is 156 Å². The molecule has 138 valence electrons. The maximum absolute atomic E-state index is 13.3. The van der Waals surface area contributed by atoms with Gasteiger partial charge in [0.25, 0.3) is 5.91 Å². The molecule has 0 aliphatic carbocycles. The fourth-order valence-corrected chi connectivity index (χ4v) is 3.27. The first kappa shape index (κ1) is 17.4. The van der Waals surface area contributed by atoms with Crippen LogP contribution in [0.2, 0.25) is 0 Å². The van der Waals surface area contributed by atoms with E-state index in [2.05, 4.69) is 10.4 Å². The molecule has 1 amide bonds. The van der Waals surface area contributed by atoms with Gasteiger partial charge in [0.15, 0.2) is 0 Å². The van der Waals surface area contributed by atoms with Crippen molar-refractivity contribution in [3.63, 3.8) is 0 Å². The summed E-state index contributed by atoms with van der Waals surface area (Å²) in [5.74, 6) is -0.514. The molecule has 4 rings (SSSR count). The van der Waals surface area contributed by atoms with Crippen molar-refractivity contribution < 1.29 is 13.9 Å². The molecule has 0 radical (unpaired) electrons. The molecule has 1 N–H and O–H groups in total. The van der Waals surface area contributed by atoms with E-state index >= 15 is 0 Å². The first-order chi connectivity index (χ1) is 13.2. The molecule has 1 atom stereocenters. The van der Waals surface area contributed by atoms with Gasteiger partial charge in [-0.1, -0.05) is 30.3 Å². The number of nitrogens with one attached hydrogen (secondary N) is 1. The van der Waals surface area contributed by atoms with Crippen LogP contribution in [-0.4, -0.2) is 34.9 Å². The second kappa shape index (κ2) is 7.72. The van der Waals surface area contributed by atoms with Crippen LogP contribution in [0.4, 0.5) is 4.39 Å². The predicted molar refractivity (Wildman–Crippen MR) is 100 cm³/mol. The zero-order valence-electron chi connectivity index (χ0n) is 14.8. The van der Waals surface area contributed by atoms with Gasteiger partial charge in [0, 0.05) is 18.7 Å². The van der Waals surface area contributed by atoms with Crippen LogP contribution in [0.3, 0.4) is 0 Å². The number of rotatable bonds is 5. The lowest BCUT2D eigenvalue weighted by molar-refractivity contribution is 0.0858. The van der Waals surface area contributed by atoms with Crippen molar-refractivity contribution in [2.75, 3.05) is 13.2 Å². The number of carbonyl (C=O) groups excluding carboxylic acids is 1. The first-order valence-electron chi connectivity index (χ1n) is 9.01. The molecule has 2 aromatic carbocycles. The van der Waals surface area contributed by atoms with Crippen molar-refractivity contribution in [1.29, 1.82) is 0 Å². The van der Waals surface area contributed by atoms with Crippen molar-refractivity contribution in [2.45, 2.75) is 18.9 Å². The highest BCUT2D eigenvalue weighted by Crippen LogP contribution is 2.27. The first-order valence-corrected chi connectivity index (χ1v) is 9.01. The number of aromatic nitrogens is 2. The summed E-state index contributed by atoms with van der Waals surface area (Å²) >= 11 is 0. The summed E-state index contributed by atoms with van der Waals surface area (Å²) in [4.78, 5) is 12.8. The van der Waals surface area contributed by atoms with Gasteiger partial charge in [-0.25, -0.2) is 9.07 Å². The number of benzene rings is 2. The van der Waals surface area contributed by atoms with Crippen LogP contribution in [0.5, 0.6) is 0 Å².